The van der Waals surface area contributed by atoms with E-state index >= 15 is 0 Å². The average molecular weight is 544 g/mol. The predicted octanol–water partition coefficient (Wildman–Crippen LogP) is 3.36. The second-order valence-corrected chi connectivity index (χ2v) is 6.98. The first-order valence-electron chi connectivity index (χ1n) is 9.82. The van der Waals surface area contributed by atoms with E-state index < -0.39 is 12.2 Å². The number of methoxy groups -OCH3 is 1. The Balaban J connectivity index is 0.00000450. The SMILES string of the molecule is CN=C(NCc1cccc(OCCCOC)c1)N1CCN(C(C)C(F)(F)F)CC1.I. The van der Waals surface area contributed by atoms with Gasteiger partial charge < -0.3 is 19.7 Å². The predicted molar refractivity (Wildman–Crippen MR) is 123 cm³/mol. The van der Waals surface area contributed by atoms with Gasteiger partial charge in [0.2, 0.25) is 0 Å². The minimum atomic E-state index is -4.20. The highest BCUT2D eigenvalue weighted by Gasteiger charge is 2.41. The van der Waals surface area contributed by atoms with E-state index in [0.29, 0.717) is 51.9 Å². The van der Waals surface area contributed by atoms with Crippen LogP contribution in [0, 0.1) is 0 Å². The molecule has 30 heavy (non-hydrogen) atoms. The molecule has 6 nitrogen and oxygen atoms in total. The molecule has 172 valence electrons. The Morgan fingerprint density at radius 2 is 1.90 bits per heavy atom. The Bertz CT molecular complexity index is 653. The number of rotatable bonds is 8. The van der Waals surface area contributed by atoms with Crippen molar-refractivity contribution in [2.75, 3.05) is 53.6 Å². The fraction of sp³-hybridized carbons (Fsp3) is 0.650. The lowest BCUT2D eigenvalue weighted by molar-refractivity contribution is -0.181. The Hall–Kier alpha value is -1.27. The van der Waals surface area contributed by atoms with E-state index in [9.17, 15) is 13.2 Å². The third-order valence-electron chi connectivity index (χ3n) is 4.96. The first kappa shape index (κ1) is 26.8. The first-order valence-corrected chi connectivity index (χ1v) is 9.82. The summed E-state index contributed by atoms with van der Waals surface area (Å²) in [5.74, 6) is 1.49. The molecule has 0 spiro atoms. The van der Waals surface area contributed by atoms with Gasteiger partial charge in [0, 0.05) is 59.9 Å². The molecule has 0 saturated carbocycles. The van der Waals surface area contributed by atoms with E-state index in [0.717, 1.165) is 17.7 Å². The van der Waals surface area contributed by atoms with Crippen LogP contribution in [-0.2, 0) is 11.3 Å². The summed E-state index contributed by atoms with van der Waals surface area (Å²) in [5.41, 5.74) is 1.04. The number of ether oxygens (including phenoxy) is 2. The van der Waals surface area contributed by atoms with Crippen molar-refractivity contribution in [3.05, 3.63) is 29.8 Å². The van der Waals surface area contributed by atoms with Gasteiger partial charge in [-0.05, 0) is 24.6 Å². The second-order valence-electron chi connectivity index (χ2n) is 6.98. The molecule has 0 aromatic heterocycles. The number of hydrogen-bond acceptors (Lipinski definition) is 4. The molecule has 0 bridgehead atoms. The van der Waals surface area contributed by atoms with Crippen LogP contribution in [0.15, 0.2) is 29.3 Å². The maximum atomic E-state index is 12.9. The first-order chi connectivity index (χ1) is 13.8. The molecule has 0 amide bonds. The van der Waals surface area contributed by atoms with Crippen molar-refractivity contribution < 1.29 is 22.6 Å². The number of guanidine groups is 1. The molecule has 0 radical (unpaired) electrons. The third kappa shape index (κ3) is 8.46. The molecular formula is C20H32F3IN4O2. The van der Waals surface area contributed by atoms with Gasteiger partial charge in [0.15, 0.2) is 5.96 Å². The minimum Gasteiger partial charge on any atom is -0.493 e. The smallest absolute Gasteiger partial charge is 0.403 e. The number of nitrogens with zero attached hydrogens (tertiary/aromatic N) is 3. The van der Waals surface area contributed by atoms with Gasteiger partial charge in [-0.25, -0.2) is 0 Å². The summed E-state index contributed by atoms with van der Waals surface area (Å²) in [7, 11) is 3.35. The van der Waals surface area contributed by atoms with Crippen LogP contribution in [0.5, 0.6) is 5.75 Å². The van der Waals surface area contributed by atoms with E-state index in [2.05, 4.69) is 10.3 Å². The summed E-state index contributed by atoms with van der Waals surface area (Å²) in [6.45, 7) is 4.73. The van der Waals surface area contributed by atoms with Gasteiger partial charge in [-0.1, -0.05) is 12.1 Å². The van der Waals surface area contributed by atoms with E-state index in [4.69, 9.17) is 9.47 Å². The molecule has 1 aliphatic rings. The molecular weight excluding hydrogens is 512 g/mol. The lowest BCUT2D eigenvalue weighted by Crippen LogP contribution is -2.56. The summed E-state index contributed by atoms with van der Waals surface area (Å²) >= 11 is 0. The van der Waals surface area contributed by atoms with Gasteiger partial charge in [0.1, 0.15) is 11.8 Å². The Kier molecular flexibility index (Phi) is 11.8. The van der Waals surface area contributed by atoms with Crippen LogP contribution in [0.2, 0.25) is 0 Å². The largest absolute Gasteiger partial charge is 0.493 e. The quantitative estimate of drug-likeness (QED) is 0.236. The third-order valence-corrected chi connectivity index (χ3v) is 4.96. The zero-order chi connectivity index (χ0) is 21.3. The van der Waals surface area contributed by atoms with E-state index in [1.807, 2.05) is 29.2 Å². The molecule has 1 unspecified atom stereocenters. The molecule has 1 N–H and O–H groups in total. The highest BCUT2D eigenvalue weighted by molar-refractivity contribution is 14.0. The van der Waals surface area contributed by atoms with Crippen LogP contribution in [0.1, 0.15) is 18.9 Å². The number of nitrogens with one attached hydrogen (secondary N) is 1. The Labute approximate surface area is 193 Å². The molecule has 1 aromatic rings. The molecule has 1 saturated heterocycles. The number of piperazine rings is 1. The summed E-state index contributed by atoms with van der Waals surface area (Å²) < 4.78 is 49.4. The maximum absolute atomic E-state index is 12.9. The van der Waals surface area contributed by atoms with Gasteiger partial charge in [-0.15, -0.1) is 24.0 Å². The number of benzene rings is 1. The average Bonchev–Trinajstić information content (AvgIpc) is 2.71. The highest BCUT2D eigenvalue weighted by Crippen LogP contribution is 2.25. The minimum absolute atomic E-state index is 0. The molecule has 1 atom stereocenters. The Morgan fingerprint density at radius 1 is 1.20 bits per heavy atom. The summed E-state index contributed by atoms with van der Waals surface area (Å²) in [6, 6.07) is 6.38. The highest BCUT2D eigenvalue weighted by atomic mass is 127. The van der Waals surface area contributed by atoms with Crippen molar-refractivity contribution in [2.24, 2.45) is 4.99 Å². The maximum Gasteiger partial charge on any atom is 0.403 e. The van der Waals surface area contributed by atoms with E-state index in [1.54, 1.807) is 14.2 Å². The molecule has 10 heteroatoms. The summed E-state index contributed by atoms with van der Waals surface area (Å²) in [4.78, 5) is 7.74. The van der Waals surface area contributed by atoms with Crippen LogP contribution >= 0.6 is 24.0 Å². The fourth-order valence-corrected chi connectivity index (χ4v) is 3.18. The lowest BCUT2D eigenvalue weighted by atomic mass is 10.2. The van der Waals surface area contributed by atoms with Gasteiger partial charge in [-0.3, -0.25) is 9.89 Å². The molecule has 1 fully saturated rings. The summed E-state index contributed by atoms with van der Waals surface area (Å²) in [5, 5.41) is 3.29. The van der Waals surface area contributed by atoms with Crippen molar-refractivity contribution in [3.63, 3.8) is 0 Å². The molecule has 1 heterocycles. The number of halogens is 4. The van der Waals surface area contributed by atoms with Crippen LogP contribution < -0.4 is 10.1 Å². The van der Waals surface area contributed by atoms with Crippen molar-refractivity contribution >= 4 is 29.9 Å². The zero-order valence-electron chi connectivity index (χ0n) is 17.7. The van der Waals surface area contributed by atoms with Gasteiger partial charge >= 0.3 is 6.18 Å². The molecule has 2 rings (SSSR count). The standard InChI is InChI=1S/C20H31F3N4O2.HI/c1-16(20(21,22)23)26-8-10-27(11-9-26)19(24-2)25-15-17-6-4-7-18(14-17)29-13-5-12-28-3;/h4,6-7,14,16H,5,8-13,15H2,1-3H3,(H,24,25);1H. The normalized spacial score (nSPS) is 16.7. The van der Waals surface area contributed by atoms with Crippen molar-refractivity contribution in [1.29, 1.82) is 0 Å². The lowest BCUT2D eigenvalue weighted by Gasteiger charge is -2.39. The zero-order valence-corrected chi connectivity index (χ0v) is 20.1. The van der Waals surface area contributed by atoms with E-state index in [1.165, 1.54) is 11.8 Å². The second kappa shape index (κ2) is 13.2. The van der Waals surface area contributed by atoms with Crippen LogP contribution in [0.3, 0.4) is 0 Å². The van der Waals surface area contributed by atoms with Gasteiger partial charge in [-0.2, -0.15) is 13.2 Å². The van der Waals surface area contributed by atoms with Crippen molar-refractivity contribution in [1.82, 2.24) is 15.1 Å². The van der Waals surface area contributed by atoms with Gasteiger partial charge in [0.05, 0.1) is 6.61 Å². The fourth-order valence-electron chi connectivity index (χ4n) is 3.18. The van der Waals surface area contributed by atoms with Gasteiger partial charge in [0.25, 0.3) is 0 Å². The molecule has 1 aromatic carbocycles. The monoisotopic (exact) mass is 544 g/mol. The number of hydrogen-bond donors (Lipinski definition) is 1. The van der Waals surface area contributed by atoms with Crippen LogP contribution in [0.4, 0.5) is 13.2 Å². The summed E-state index contributed by atoms with van der Waals surface area (Å²) in [6.07, 6.45) is -3.37. The van der Waals surface area contributed by atoms with Crippen LogP contribution in [0.25, 0.3) is 0 Å². The number of alkyl halides is 3. The molecule has 1 aliphatic heterocycles. The molecule has 0 aliphatic carbocycles. The van der Waals surface area contributed by atoms with Crippen molar-refractivity contribution in [3.8, 4) is 5.75 Å². The van der Waals surface area contributed by atoms with Crippen molar-refractivity contribution in [2.45, 2.75) is 32.1 Å². The topological polar surface area (TPSA) is 49.3 Å². The Morgan fingerprint density at radius 3 is 2.50 bits per heavy atom. The van der Waals surface area contributed by atoms with Crippen LogP contribution in [-0.4, -0.2) is 81.5 Å². The number of aliphatic imine (C=N–C) groups is 1. The van der Waals surface area contributed by atoms with E-state index in [-0.39, 0.29) is 24.0 Å².